The van der Waals surface area contributed by atoms with Crippen LogP contribution in [0.1, 0.15) is 32.8 Å². The highest BCUT2D eigenvalue weighted by molar-refractivity contribution is 5.98. The van der Waals surface area contributed by atoms with Crippen LogP contribution in [0.15, 0.2) is 61.1 Å². The van der Waals surface area contributed by atoms with Crippen molar-refractivity contribution in [3.8, 4) is 33.9 Å². The van der Waals surface area contributed by atoms with Gasteiger partial charge in [-0.1, -0.05) is 20.8 Å². The monoisotopic (exact) mass is 622 g/mol. The zero-order chi connectivity index (χ0) is 32.6. The minimum Gasteiger partial charge on any atom is -0.384 e. The number of H-pyrrole nitrogens is 2. The molecule has 0 saturated carbocycles. The number of likely N-dealkylation sites (N-methyl/N-ethyl adjacent to an activating group) is 1. The van der Waals surface area contributed by atoms with E-state index in [2.05, 4.69) is 30.5 Å². The fourth-order valence-electron chi connectivity index (χ4n) is 5.59. The number of rotatable bonds is 10. The van der Waals surface area contributed by atoms with Gasteiger partial charge in [-0.3, -0.25) is 19.9 Å². The normalized spacial score (nSPS) is 12.0. The van der Waals surface area contributed by atoms with E-state index < -0.39 is 11.6 Å². The highest BCUT2D eigenvalue weighted by atomic mass is 19.1. The average molecular weight is 623 g/mol. The number of ketones is 1. The van der Waals surface area contributed by atoms with E-state index in [9.17, 15) is 9.18 Å². The van der Waals surface area contributed by atoms with Crippen LogP contribution in [-0.2, 0) is 11.2 Å². The number of fused-ring (bicyclic) bond motifs is 2. The molecule has 11 heteroatoms. The van der Waals surface area contributed by atoms with Crippen molar-refractivity contribution in [2.75, 3.05) is 32.5 Å². The van der Waals surface area contributed by atoms with Crippen molar-refractivity contribution >= 4 is 33.4 Å². The Balaban J connectivity index is 1.36. The average Bonchev–Trinajstić information content (AvgIpc) is 3.61. The topological polar surface area (TPSA) is 115 Å². The summed E-state index contributed by atoms with van der Waals surface area (Å²) in [5.74, 6) is -0.441. The fourth-order valence-corrected chi connectivity index (χ4v) is 5.59. The third-order valence-corrected chi connectivity index (χ3v) is 7.59. The molecule has 0 aliphatic carbocycles. The van der Waals surface area contributed by atoms with Crippen LogP contribution in [0.25, 0.3) is 55.8 Å². The zero-order valence-corrected chi connectivity index (χ0v) is 26.5. The lowest BCUT2D eigenvalue weighted by atomic mass is 9.88. The summed E-state index contributed by atoms with van der Waals surface area (Å²) in [6.45, 7) is 7.51. The molecule has 0 unspecified atom stereocenters. The molecule has 4 aromatic heterocycles. The van der Waals surface area contributed by atoms with Crippen LogP contribution in [0.2, 0.25) is 0 Å². The van der Waals surface area contributed by atoms with E-state index in [1.807, 2.05) is 45.8 Å². The van der Waals surface area contributed by atoms with Gasteiger partial charge < -0.3 is 15.2 Å². The molecule has 0 aliphatic rings. The first-order valence-electron chi connectivity index (χ1n) is 15.1. The molecular formula is C35H36F2N8O. The van der Waals surface area contributed by atoms with Crippen LogP contribution in [0.5, 0.6) is 0 Å². The number of aromatic nitrogens is 6. The molecule has 0 bridgehead atoms. The van der Waals surface area contributed by atoms with Gasteiger partial charge in [0.1, 0.15) is 28.6 Å². The minimum absolute atomic E-state index is 0.105. The summed E-state index contributed by atoms with van der Waals surface area (Å²) < 4.78 is 31.0. The maximum Gasteiger partial charge on any atom is 0.159 e. The molecule has 0 aliphatic heterocycles. The number of hydrogen-bond acceptors (Lipinski definition) is 7. The van der Waals surface area contributed by atoms with Gasteiger partial charge in [0.25, 0.3) is 0 Å². The molecule has 0 amide bonds. The van der Waals surface area contributed by atoms with Crippen LogP contribution < -0.4 is 5.32 Å². The first kappa shape index (κ1) is 31.0. The highest BCUT2D eigenvalue weighted by Crippen LogP contribution is 2.35. The summed E-state index contributed by atoms with van der Waals surface area (Å²) in [5.41, 5.74) is 5.14. The first-order chi connectivity index (χ1) is 21.9. The Hall–Kier alpha value is -5.03. The molecule has 0 fully saturated rings. The minimum atomic E-state index is -0.487. The van der Waals surface area contributed by atoms with E-state index in [-0.39, 0.29) is 23.0 Å². The van der Waals surface area contributed by atoms with Gasteiger partial charge in [0.2, 0.25) is 0 Å². The number of hydrogen-bond donors (Lipinski definition) is 3. The number of halogens is 2. The predicted molar refractivity (Wildman–Crippen MR) is 177 cm³/mol. The van der Waals surface area contributed by atoms with Gasteiger partial charge in [-0.2, -0.15) is 5.10 Å². The van der Waals surface area contributed by atoms with Crippen molar-refractivity contribution in [2.24, 2.45) is 5.41 Å². The number of Topliss-reactive ketones (excluding diaryl/α,β-unsaturated/α-hetero) is 1. The second kappa shape index (κ2) is 12.4. The maximum absolute atomic E-state index is 16.3. The largest absolute Gasteiger partial charge is 0.384 e. The molecular weight excluding hydrogens is 586 g/mol. The second-order valence-electron chi connectivity index (χ2n) is 13.1. The van der Waals surface area contributed by atoms with Crippen LogP contribution in [-0.4, -0.2) is 68.0 Å². The van der Waals surface area contributed by atoms with Crippen molar-refractivity contribution < 1.29 is 13.6 Å². The Morgan fingerprint density at radius 2 is 1.80 bits per heavy atom. The third-order valence-electron chi connectivity index (χ3n) is 7.59. The van der Waals surface area contributed by atoms with Gasteiger partial charge in [0.15, 0.2) is 5.82 Å². The lowest BCUT2D eigenvalue weighted by molar-refractivity contribution is -0.120. The van der Waals surface area contributed by atoms with Crippen LogP contribution in [0.3, 0.4) is 0 Å². The summed E-state index contributed by atoms with van der Waals surface area (Å²) in [6, 6.07) is 11.7. The van der Waals surface area contributed by atoms with Gasteiger partial charge in [-0.05, 0) is 67.5 Å². The van der Waals surface area contributed by atoms with Crippen LogP contribution in [0, 0.1) is 17.0 Å². The van der Waals surface area contributed by atoms with Crippen molar-refractivity contribution in [1.29, 1.82) is 0 Å². The molecule has 0 radical (unpaired) electrons. The molecule has 46 heavy (non-hydrogen) atoms. The fraction of sp³-hybridized carbons (Fsp3) is 0.286. The smallest absolute Gasteiger partial charge is 0.159 e. The number of anilines is 1. The molecule has 0 atom stereocenters. The Bertz CT molecular complexity index is 2060. The molecule has 2 aromatic carbocycles. The van der Waals surface area contributed by atoms with Crippen LogP contribution >= 0.6 is 0 Å². The Morgan fingerprint density at radius 3 is 2.59 bits per heavy atom. The molecule has 0 saturated heterocycles. The lowest BCUT2D eigenvalue weighted by Gasteiger charge is -2.16. The third kappa shape index (κ3) is 6.64. The number of benzene rings is 2. The summed E-state index contributed by atoms with van der Waals surface area (Å²) >= 11 is 0. The highest BCUT2D eigenvalue weighted by Gasteiger charge is 2.22. The first-order valence-corrected chi connectivity index (χ1v) is 15.1. The number of pyridine rings is 2. The standard InChI is InChI=1S/C35H36F2N8O/c1-35(2,3)17-25(46)13-20-12-22(19-38-18-20)26-6-7-27-29(30(26)37)33(44-43-27)34-41-28-8-9-40-31(32(28)42-34)21-14-23(36)16-24(15-21)39-10-11-45(4)5/h6-9,12,14-16,18-19,39H,10-11,13,17H2,1-5H3,(H,41,42)(H,43,44). The van der Waals surface area contributed by atoms with Gasteiger partial charge in [-0.15, -0.1) is 0 Å². The van der Waals surface area contributed by atoms with E-state index in [1.165, 1.54) is 12.1 Å². The summed E-state index contributed by atoms with van der Waals surface area (Å²) in [4.78, 5) is 31.5. The predicted octanol–water partition coefficient (Wildman–Crippen LogP) is 7.03. The molecule has 236 valence electrons. The number of nitrogens with zero attached hydrogens (tertiary/aromatic N) is 5. The van der Waals surface area contributed by atoms with E-state index in [1.54, 1.807) is 42.9 Å². The molecule has 6 rings (SSSR count). The quantitative estimate of drug-likeness (QED) is 0.150. The number of nitrogens with one attached hydrogen (secondary N) is 3. The summed E-state index contributed by atoms with van der Waals surface area (Å²) in [5, 5.41) is 10.8. The van der Waals surface area contributed by atoms with E-state index in [0.29, 0.717) is 69.1 Å². The van der Waals surface area contributed by atoms with Gasteiger partial charge in [0.05, 0.1) is 22.1 Å². The number of imidazole rings is 1. The molecule has 9 nitrogen and oxygen atoms in total. The van der Waals surface area contributed by atoms with Gasteiger partial charge >= 0.3 is 0 Å². The molecule has 4 heterocycles. The zero-order valence-electron chi connectivity index (χ0n) is 26.5. The maximum atomic E-state index is 16.3. The molecule has 6 aromatic rings. The van der Waals surface area contributed by atoms with Crippen molar-refractivity contribution in [2.45, 2.75) is 33.6 Å². The SMILES string of the molecule is CN(C)CCNc1cc(F)cc(-c2nccc3[nH]c(-c4n[nH]c5ccc(-c6cncc(CC(=O)CC(C)(C)C)c6)c(F)c45)nc23)c1. The van der Waals surface area contributed by atoms with E-state index in [0.717, 1.165) is 12.1 Å². The number of carbonyl (C=O) groups is 1. The van der Waals surface area contributed by atoms with Crippen LogP contribution in [0.4, 0.5) is 14.5 Å². The Kier molecular flexibility index (Phi) is 8.35. The lowest BCUT2D eigenvalue weighted by Crippen LogP contribution is -2.20. The molecule has 3 N–H and O–H groups in total. The van der Waals surface area contributed by atoms with Gasteiger partial charge in [0, 0.05) is 66.9 Å². The Labute approximate surface area is 265 Å². The second-order valence-corrected chi connectivity index (χ2v) is 13.1. The number of aromatic amines is 2. The van der Waals surface area contributed by atoms with Crippen molar-refractivity contribution in [3.05, 3.63) is 78.3 Å². The van der Waals surface area contributed by atoms with Crippen molar-refractivity contribution in [3.63, 3.8) is 0 Å². The molecule has 0 spiro atoms. The van der Waals surface area contributed by atoms with E-state index >= 15 is 4.39 Å². The van der Waals surface area contributed by atoms with Crippen molar-refractivity contribution in [1.82, 2.24) is 35.0 Å². The Morgan fingerprint density at radius 1 is 0.978 bits per heavy atom. The summed E-state index contributed by atoms with van der Waals surface area (Å²) in [7, 11) is 3.95. The van der Waals surface area contributed by atoms with E-state index in [4.69, 9.17) is 4.98 Å². The number of carbonyl (C=O) groups excluding carboxylic acids is 1. The van der Waals surface area contributed by atoms with Gasteiger partial charge in [-0.25, -0.2) is 13.8 Å². The summed E-state index contributed by atoms with van der Waals surface area (Å²) in [6.07, 6.45) is 5.53.